The average molecular weight is 204 g/mol. The minimum atomic E-state index is -1.07. The molecule has 0 heterocycles. The zero-order chi connectivity index (χ0) is 11.1. The molecule has 5 nitrogen and oxygen atoms in total. The highest BCUT2D eigenvalue weighted by Crippen LogP contribution is 2.04. The van der Waals surface area contributed by atoms with Crippen molar-refractivity contribution in [3.63, 3.8) is 0 Å². The van der Waals surface area contributed by atoms with Crippen LogP contribution in [0.5, 0.6) is 0 Å². The zero-order valence-electron chi connectivity index (χ0n) is 8.36. The quantitative estimate of drug-likeness (QED) is 0.403. The third-order valence-electron chi connectivity index (χ3n) is 1.63. The van der Waals surface area contributed by atoms with Crippen LogP contribution in [0.2, 0.25) is 0 Å². The molecule has 0 fully saturated rings. The SMILES string of the molecule is CC(C)=C(CO)C(=O)OCC(O)CO. The number of aliphatic hydroxyl groups excluding tert-OH is 3. The largest absolute Gasteiger partial charge is 0.459 e. The lowest BCUT2D eigenvalue weighted by Crippen LogP contribution is -2.23. The van der Waals surface area contributed by atoms with Gasteiger partial charge in [-0.15, -0.1) is 0 Å². The highest BCUT2D eigenvalue weighted by atomic mass is 16.5. The molecule has 0 aromatic heterocycles. The van der Waals surface area contributed by atoms with Crippen molar-refractivity contribution in [1.82, 2.24) is 0 Å². The van der Waals surface area contributed by atoms with Crippen LogP contribution in [-0.4, -0.2) is 47.2 Å². The normalized spacial score (nSPS) is 12.1. The molecule has 3 N–H and O–H groups in total. The van der Waals surface area contributed by atoms with E-state index in [9.17, 15) is 4.79 Å². The summed E-state index contributed by atoms with van der Waals surface area (Å²) in [5.41, 5.74) is 0.839. The Morgan fingerprint density at radius 1 is 1.36 bits per heavy atom. The van der Waals surface area contributed by atoms with Crippen LogP contribution in [0.1, 0.15) is 13.8 Å². The summed E-state index contributed by atoms with van der Waals surface area (Å²) < 4.78 is 4.64. The molecule has 14 heavy (non-hydrogen) atoms. The molecule has 1 unspecified atom stereocenters. The molecule has 0 spiro atoms. The molecule has 0 bridgehead atoms. The molecule has 0 aliphatic heterocycles. The molecule has 0 radical (unpaired) electrons. The number of carbonyl (C=O) groups excluding carboxylic acids is 1. The van der Waals surface area contributed by atoms with E-state index in [1.54, 1.807) is 13.8 Å². The summed E-state index contributed by atoms with van der Waals surface area (Å²) in [5, 5.41) is 26.2. The van der Waals surface area contributed by atoms with Gasteiger partial charge in [0.15, 0.2) is 0 Å². The Morgan fingerprint density at radius 2 is 1.93 bits per heavy atom. The lowest BCUT2D eigenvalue weighted by Gasteiger charge is -2.10. The Balaban J connectivity index is 4.14. The number of aliphatic hydroxyl groups is 3. The number of ether oxygens (including phenoxy) is 1. The van der Waals surface area contributed by atoms with E-state index in [0.717, 1.165) is 0 Å². The molecule has 0 amide bonds. The highest BCUT2D eigenvalue weighted by Gasteiger charge is 2.13. The zero-order valence-corrected chi connectivity index (χ0v) is 8.36. The maximum atomic E-state index is 11.2. The van der Waals surface area contributed by atoms with E-state index in [4.69, 9.17) is 15.3 Å². The third-order valence-corrected chi connectivity index (χ3v) is 1.63. The monoisotopic (exact) mass is 204 g/mol. The van der Waals surface area contributed by atoms with Gasteiger partial charge < -0.3 is 20.1 Å². The summed E-state index contributed by atoms with van der Waals surface area (Å²) in [5.74, 6) is -0.667. The van der Waals surface area contributed by atoms with Crippen molar-refractivity contribution < 1.29 is 24.9 Å². The molecule has 1 atom stereocenters. The number of hydrogen-bond acceptors (Lipinski definition) is 5. The van der Waals surface area contributed by atoms with Crippen molar-refractivity contribution >= 4 is 5.97 Å². The predicted octanol–water partition coefficient (Wildman–Crippen LogP) is -0.789. The first-order chi connectivity index (χ1) is 6.52. The van der Waals surface area contributed by atoms with Crippen LogP contribution < -0.4 is 0 Å². The van der Waals surface area contributed by atoms with E-state index < -0.39 is 25.3 Å². The second-order valence-electron chi connectivity index (χ2n) is 3.07. The van der Waals surface area contributed by atoms with Gasteiger partial charge in [-0.2, -0.15) is 0 Å². The standard InChI is InChI=1S/C9H16O5/c1-6(2)8(4-11)9(13)14-5-7(12)3-10/h7,10-12H,3-5H2,1-2H3. The molecule has 0 rings (SSSR count). The number of hydrogen-bond donors (Lipinski definition) is 3. The Labute approximate surface area is 82.6 Å². The first kappa shape index (κ1) is 13.1. The van der Waals surface area contributed by atoms with Crippen LogP contribution in [0.25, 0.3) is 0 Å². The first-order valence-electron chi connectivity index (χ1n) is 4.26. The van der Waals surface area contributed by atoms with E-state index in [1.165, 1.54) is 0 Å². The molecule has 0 aromatic rings. The molecular weight excluding hydrogens is 188 g/mol. The Hall–Kier alpha value is -0.910. The molecule has 0 saturated heterocycles. The number of allylic oxidation sites excluding steroid dienone is 1. The van der Waals surface area contributed by atoms with Gasteiger partial charge in [0.05, 0.1) is 18.8 Å². The minimum Gasteiger partial charge on any atom is -0.459 e. The highest BCUT2D eigenvalue weighted by molar-refractivity contribution is 5.89. The predicted molar refractivity (Wildman–Crippen MR) is 49.5 cm³/mol. The van der Waals surface area contributed by atoms with Crippen molar-refractivity contribution in [3.8, 4) is 0 Å². The summed E-state index contributed by atoms with van der Waals surface area (Å²) in [4.78, 5) is 11.2. The van der Waals surface area contributed by atoms with E-state index in [2.05, 4.69) is 4.74 Å². The molecule has 0 aliphatic rings. The lowest BCUT2D eigenvalue weighted by atomic mass is 10.1. The van der Waals surface area contributed by atoms with Crippen molar-refractivity contribution in [2.45, 2.75) is 20.0 Å². The molecule has 5 heteroatoms. The second-order valence-corrected chi connectivity index (χ2v) is 3.07. The van der Waals surface area contributed by atoms with Crippen LogP contribution >= 0.6 is 0 Å². The summed E-state index contributed by atoms with van der Waals surface area (Å²) >= 11 is 0. The molecule has 0 aliphatic carbocycles. The van der Waals surface area contributed by atoms with Gasteiger partial charge in [0.25, 0.3) is 0 Å². The van der Waals surface area contributed by atoms with Crippen LogP contribution in [0.15, 0.2) is 11.1 Å². The van der Waals surface area contributed by atoms with Crippen molar-refractivity contribution in [3.05, 3.63) is 11.1 Å². The van der Waals surface area contributed by atoms with Gasteiger partial charge in [-0.1, -0.05) is 5.57 Å². The summed E-state index contributed by atoms with van der Waals surface area (Å²) in [6, 6.07) is 0. The van der Waals surface area contributed by atoms with Crippen molar-refractivity contribution in [2.24, 2.45) is 0 Å². The minimum absolute atomic E-state index is 0.176. The fourth-order valence-electron chi connectivity index (χ4n) is 0.738. The van der Waals surface area contributed by atoms with E-state index in [0.29, 0.717) is 5.57 Å². The first-order valence-corrected chi connectivity index (χ1v) is 4.26. The average Bonchev–Trinajstić information content (AvgIpc) is 2.14. The molecule has 0 aromatic carbocycles. The van der Waals surface area contributed by atoms with Crippen LogP contribution in [-0.2, 0) is 9.53 Å². The Bertz CT molecular complexity index is 217. The van der Waals surface area contributed by atoms with Crippen LogP contribution in [0.4, 0.5) is 0 Å². The third kappa shape index (κ3) is 4.36. The smallest absolute Gasteiger partial charge is 0.336 e. The van der Waals surface area contributed by atoms with Crippen molar-refractivity contribution in [1.29, 1.82) is 0 Å². The van der Waals surface area contributed by atoms with Crippen LogP contribution in [0, 0.1) is 0 Å². The topological polar surface area (TPSA) is 87.0 Å². The molecule has 82 valence electrons. The molecular formula is C9H16O5. The van der Waals surface area contributed by atoms with E-state index >= 15 is 0 Å². The van der Waals surface area contributed by atoms with Gasteiger partial charge in [-0.25, -0.2) is 4.79 Å². The Kier molecular flexibility index (Phi) is 6.11. The lowest BCUT2D eigenvalue weighted by molar-refractivity contribution is -0.143. The van der Waals surface area contributed by atoms with Gasteiger partial charge >= 0.3 is 5.97 Å². The van der Waals surface area contributed by atoms with E-state index in [1.807, 2.05) is 0 Å². The number of carbonyl (C=O) groups is 1. The van der Waals surface area contributed by atoms with Gasteiger partial charge in [-0.3, -0.25) is 0 Å². The summed E-state index contributed by atoms with van der Waals surface area (Å²) in [6.45, 7) is 2.23. The number of rotatable bonds is 5. The van der Waals surface area contributed by atoms with Gasteiger partial charge in [0.1, 0.15) is 12.7 Å². The van der Waals surface area contributed by atoms with Crippen molar-refractivity contribution in [2.75, 3.05) is 19.8 Å². The van der Waals surface area contributed by atoms with Gasteiger partial charge in [0.2, 0.25) is 0 Å². The summed E-state index contributed by atoms with van der Waals surface area (Å²) in [7, 11) is 0. The van der Waals surface area contributed by atoms with Gasteiger partial charge in [0, 0.05) is 0 Å². The fraction of sp³-hybridized carbons (Fsp3) is 0.667. The maximum absolute atomic E-state index is 11.2. The summed E-state index contributed by atoms with van der Waals surface area (Å²) in [6.07, 6.45) is -1.07. The Morgan fingerprint density at radius 3 is 2.29 bits per heavy atom. The number of esters is 1. The van der Waals surface area contributed by atoms with E-state index in [-0.39, 0.29) is 12.2 Å². The van der Waals surface area contributed by atoms with Crippen LogP contribution in [0.3, 0.4) is 0 Å². The molecule has 0 saturated carbocycles. The maximum Gasteiger partial charge on any atom is 0.336 e. The second kappa shape index (κ2) is 6.53. The fourth-order valence-corrected chi connectivity index (χ4v) is 0.738. The van der Waals surface area contributed by atoms with Gasteiger partial charge in [-0.05, 0) is 13.8 Å².